The second-order valence-corrected chi connectivity index (χ2v) is 5.10. The van der Waals surface area contributed by atoms with Gasteiger partial charge in [-0.1, -0.05) is 42.5 Å². The number of carbonyl (C=O) groups excluding carboxylic acids is 1. The molecule has 2 rings (SSSR count). The predicted octanol–water partition coefficient (Wildman–Crippen LogP) is 4.13. The van der Waals surface area contributed by atoms with Crippen LogP contribution in [0.15, 0.2) is 54.6 Å². The van der Waals surface area contributed by atoms with Crippen molar-refractivity contribution in [1.82, 2.24) is 5.06 Å². The predicted molar refractivity (Wildman–Crippen MR) is 84.6 cm³/mol. The maximum Gasteiger partial charge on any atom is 0.243 e. The van der Waals surface area contributed by atoms with Gasteiger partial charge in [0.05, 0.1) is 6.04 Å². The zero-order valence-electron chi connectivity index (χ0n) is 12.5. The lowest BCUT2D eigenvalue weighted by Crippen LogP contribution is -2.32. The molecule has 0 unspecified atom stereocenters. The molecule has 0 bridgehead atoms. The first-order valence-corrected chi connectivity index (χ1v) is 7.00. The van der Waals surface area contributed by atoms with Crippen molar-refractivity contribution in [1.29, 1.82) is 0 Å². The number of hydroxylamine groups is 2. The van der Waals surface area contributed by atoms with Gasteiger partial charge in [-0.15, -0.1) is 0 Å². The van der Waals surface area contributed by atoms with Crippen molar-refractivity contribution >= 4 is 12.0 Å². The minimum atomic E-state index is -0.410. The topological polar surface area (TPSA) is 40.5 Å². The molecule has 0 saturated carbocycles. The molecule has 2 aromatic rings. The van der Waals surface area contributed by atoms with Gasteiger partial charge in [-0.2, -0.15) is 0 Å². The molecule has 0 radical (unpaired) electrons. The molecule has 3 nitrogen and oxygen atoms in total. The molecule has 0 fully saturated rings. The highest BCUT2D eigenvalue weighted by molar-refractivity contribution is 5.72. The molecule has 0 aliphatic heterocycles. The number of halogens is 1. The fourth-order valence-corrected chi connectivity index (χ4v) is 2.08. The van der Waals surface area contributed by atoms with E-state index in [0.29, 0.717) is 5.06 Å². The SMILES string of the molecule is CC(=O)N(O)[C@@H](C)C=Cc1cccc(-c2ccc(F)cc2)c1. The van der Waals surface area contributed by atoms with Crippen LogP contribution in [0.3, 0.4) is 0 Å². The summed E-state index contributed by atoms with van der Waals surface area (Å²) in [5, 5.41) is 10.2. The molecule has 1 atom stereocenters. The van der Waals surface area contributed by atoms with Gasteiger partial charge in [0.2, 0.25) is 5.91 Å². The number of hydrogen-bond acceptors (Lipinski definition) is 2. The Morgan fingerprint density at radius 2 is 1.86 bits per heavy atom. The summed E-state index contributed by atoms with van der Waals surface area (Å²) in [5.41, 5.74) is 2.84. The zero-order chi connectivity index (χ0) is 16.1. The largest absolute Gasteiger partial charge is 0.285 e. The van der Waals surface area contributed by atoms with E-state index in [4.69, 9.17) is 0 Å². The van der Waals surface area contributed by atoms with Crippen molar-refractivity contribution in [2.24, 2.45) is 0 Å². The molecule has 1 amide bonds. The van der Waals surface area contributed by atoms with Gasteiger partial charge in [-0.25, -0.2) is 9.45 Å². The van der Waals surface area contributed by atoms with E-state index in [1.165, 1.54) is 19.1 Å². The summed E-state index contributed by atoms with van der Waals surface area (Å²) in [6.07, 6.45) is 3.58. The fraction of sp³-hybridized carbons (Fsp3) is 0.167. The Morgan fingerprint density at radius 1 is 1.18 bits per heavy atom. The van der Waals surface area contributed by atoms with E-state index in [1.807, 2.05) is 30.3 Å². The highest BCUT2D eigenvalue weighted by Gasteiger charge is 2.10. The van der Waals surface area contributed by atoms with Crippen LogP contribution >= 0.6 is 0 Å². The Hall–Kier alpha value is -2.46. The standard InChI is InChI=1S/C18H18FNO2/c1-13(20(22)14(2)21)6-7-15-4-3-5-17(12-15)16-8-10-18(19)11-9-16/h3-13,22H,1-2H3/t13-/m0/s1. The van der Waals surface area contributed by atoms with Crippen molar-refractivity contribution in [3.8, 4) is 11.1 Å². The molecule has 22 heavy (non-hydrogen) atoms. The van der Waals surface area contributed by atoms with Crippen molar-refractivity contribution in [3.05, 3.63) is 66.0 Å². The van der Waals surface area contributed by atoms with E-state index in [0.717, 1.165) is 16.7 Å². The van der Waals surface area contributed by atoms with Gasteiger partial charge in [0.15, 0.2) is 0 Å². The van der Waals surface area contributed by atoms with Gasteiger partial charge < -0.3 is 0 Å². The van der Waals surface area contributed by atoms with Gasteiger partial charge in [-0.05, 0) is 41.8 Å². The van der Waals surface area contributed by atoms with Crippen molar-refractivity contribution in [3.63, 3.8) is 0 Å². The first-order chi connectivity index (χ1) is 10.5. The van der Waals surface area contributed by atoms with Gasteiger partial charge in [0.1, 0.15) is 5.82 Å². The molecule has 0 aromatic heterocycles. The highest BCUT2D eigenvalue weighted by Crippen LogP contribution is 2.21. The molecule has 0 aliphatic carbocycles. The van der Waals surface area contributed by atoms with Crippen LogP contribution in [-0.4, -0.2) is 22.2 Å². The van der Waals surface area contributed by atoms with Crippen LogP contribution < -0.4 is 0 Å². The number of carbonyl (C=O) groups is 1. The molecule has 114 valence electrons. The molecule has 0 saturated heterocycles. The van der Waals surface area contributed by atoms with E-state index in [2.05, 4.69) is 0 Å². The van der Waals surface area contributed by atoms with E-state index in [-0.39, 0.29) is 5.82 Å². The summed E-state index contributed by atoms with van der Waals surface area (Å²) < 4.78 is 13.0. The zero-order valence-corrected chi connectivity index (χ0v) is 12.5. The Labute approximate surface area is 129 Å². The number of rotatable bonds is 4. The monoisotopic (exact) mass is 299 g/mol. The number of hydrogen-bond donors (Lipinski definition) is 1. The van der Waals surface area contributed by atoms with Gasteiger partial charge >= 0.3 is 0 Å². The Balaban J connectivity index is 2.18. The molecule has 1 N–H and O–H groups in total. The van der Waals surface area contributed by atoms with Gasteiger partial charge in [0, 0.05) is 6.92 Å². The number of amides is 1. The summed E-state index contributed by atoms with van der Waals surface area (Å²) in [6.45, 7) is 3.03. The first kappa shape index (κ1) is 15.9. The maximum atomic E-state index is 13.0. The third-order valence-corrected chi connectivity index (χ3v) is 3.34. The minimum absolute atomic E-state index is 0.263. The van der Waals surface area contributed by atoms with Crippen LogP contribution in [0.5, 0.6) is 0 Å². The average Bonchev–Trinajstić information content (AvgIpc) is 2.52. The Morgan fingerprint density at radius 3 is 2.50 bits per heavy atom. The first-order valence-electron chi connectivity index (χ1n) is 7.00. The maximum absolute atomic E-state index is 13.0. The van der Waals surface area contributed by atoms with Crippen molar-refractivity contribution in [2.75, 3.05) is 0 Å². The number of nitrogens with zero attached hydrogens (tertiary/aromatic N) is 1. The number of benzene rings is 2. The molecule has 4 heteroatoms. The molecule has 2 aromatic carbocycles. The lowest BCUT2D eigenvalue weighted by molar-refractivity contribution is -0.167. The quantitative estimate of drug-likeness (QED) is 0.681. The van der Waals surface area contributed by atoms with Crippen LogP contribution in [0.25, 0.3) is 17.2 Å². The molecule has 0 heterocycles. The highest BCUT2D eigenvalue weighted by atomic mass is 19.1. The lowest BCUT2D eigenvalue weighted by Gasteiger charge is -2.17. The van der Waals surface area contributed by atoms with E-state index < -0.39 is 11.9 Å². The van der Waals surface area contributed by atoms with Crippen LogP contribution in [-0.2, 0) is 4.79 Å². The summed E-state index contributed by atoms with van der Waals surface area (Å²) in [5.74, 6) is -0.668. The molecule has 0 spiro atoms. The van der Waals surface area contributed by atoms with Crippen molar-refractivity contribution < 1.29 is 14.4 Å². The van der Waals surface area contributed by atoms with Crippen LogP contribution in [0.2, 0.25) is 0 Å². The van der Waals surface area contributed by atoms with E-state index in [1.54, 1.807) is 25.1 Å². The summed E-state index contributed by atoms with van der Waals surface area (Å²) in [4.78, 5) is 11.1. The Bertz CT molecular complexity index is 680. The normalized spacial score (nSPS) is 12.4. The third-order valence-electron chi connectivity index (χ3n) is 3.34. The van der Waals surface area contributed by atoms with Crippen LogP contribution in [0.4, 0.5) is 4.39 Å². The third kappa shape index (κ3) is 4.02. The summed E-state index contributed by atoms with van der Waals surface area (Å²) in [7, 11) is 0. The smallest absolute Gasteiger partial charge is 0.243 e. The summed E-state index contributed by atoms with van der Waals surface area (Å²) in [6, 6.07) is 13.6. The molecular formula is C18H18FNO2. The summed E-state index contributed by atoms with van der Waals surface area (Å²) >= 11 is 0. The molecule has 0 aliphatic rings. The minimum Gasteiger partial charge on any atom is -0.285 e. The second kappa shape index (κ2) is 7.00. The average molecular weight is 299 g/mol. The fourth-order valence-electron chi connectivity index (χ4n) is 2.08. The second-order valence-electron chi connectivity index (χ2n) is 5.10. The van der Waals surface area contributed by atoms with Crippen molar-refractivity contribution in [2.45, 2.75) is 19.9 Å². The van der Waals surface area contributed by atoms with Crippen LogP contribution in [0.1, 0.15) is 19.4 Å². The van der Waals surface area contributed by atoms with Gasteiger partial charge in [-0.3, -0.25) is 10.0 Å². The Kier molecular flexibility index (Phi) is 5.07. The van der Waals surface area contributed by atoms with E-state index in [9.17, 15) is 14.4 Å². The van der Waals surface area contributed by atoms with Crippen LogP contribution in [0, 0.1) is 5.82 Å². The van der Waals surface area contributed by atoms with Gasteiger partial charge in [0.25, 0.3) is 0 Å². The molecular weight excluding hydrogens is 281 g/mol. The van der Waals surface area contributed by atoms with E-state index >= 15 is 0 Å². The lowest BCUT2D eigenvalue weighted by atomic mass is 10.0.